The lowest BCUT2D eigenvalue weighted by Crippen LogP contribution is -1.72. The highest BCUT2D eigenvalue weighted by Crippen LogP contribution is 2.19. The molecule has 0 bridgehead atoms. The topological polar surface area (TPSA) is 30.0 Å². The van der Waals surface area contributed by atoms with Crippen molar-refractivity contribution in [3.63, 3.8) is 0 Å². The van der Waals surface area contributed by atoms with E-state index in [4.69, 9.17) is 0 Å². The van der Waals surface area contributed by atoms with Crippen LogP contribution in [0.5, 0.6) is 0 Å². The molecule has 0 aliphatic heterocycles. The van der Waals surface area contributed by atoms with Gasteiger partial charge in [0.2, 0.25) is 0 Å². The lowest BCUT2D eigenvalue weighted by atomic mass is 10.3. The summed E-state index contributed by atoms with van der Waals surface area (Å²) < 4.78 is 1.06. The Balaban J connectivity index is 0. The SMILES string of the molecule is C.C=C.CC.O=Cc1nc2ccccc2s1. The number of hydrogen-bond acceptors (Lipinski definition) is 3. The van der Waals surface area contributed by atoms with E-state index in [2.05, 4.69) is 18.1 Å². The maximum Gasteiger partial charge on any atom is 0.178 e. The first kappa shape index (κ1) is 16.9. The number of aromatic nitrogens is 1. The Morgan fingerprint density at radius 3 is 2.31 bits per heavy atom. The second-order valence-electron chi connectivity index (χ2n) is 2.14. The summed E-state index contributed by atoms with van der Waals surface area (Å²) in [5, 5.41) is 0.547. The molecule has 1 aromatic heterocycles. The van der Waals surface area contributed by atoms with Crippen LogP contribution in [0.2, 0.25) is 0 Å². The number of carbonyl (C=O) groups is 1. The monoisotopic (exact) mass is 237 g/mol. The van der Waals surface area contributed by atoms with Crippen molar-refractivity contribution < 1.29 is 4.79 Å². The lowest BCUT2D eigenvalue weighted by Gasteiger charge is -1.80. The predicted molar refractivity (Wildman–Crippen MR) is 74.3 cm³/mol. The molecule has 1 heterocycles. The molecule has 0 saturated carbocycles. The Hall–Kier alpha value is -1.48. The molecule has 16 heavy (non-hydrogen) atoms. The molecule has 3 heteroatoms. The van der Waals surface area contributed by atoms with Gasteiger partial charge in [-0.25, -0.2) is 4.98 Å². The van der Waals surface area contributed by atoms with E-state index in [0.29, 0.717) is 5.01 Å². The molecule has 0 saturated heterocycles. The molecular weight excluding hydrogens is 218 g/mol. The maximum absolute atomic E-state index is 10.3. The van der Waals surface area contributed by atoms with Gasteiger partial charge in [0.1, 0.15) is 0 Å². The summed E-state index contributed by atoms with van der Waals surface area (Å²) in [6, 6.07) is 7.71. The fourth-order valence-corrected chi connectivity index (χ4v) is 1.72. The van der Waals surface area contributed by atoms with E-state index in [9.17, 15) is 4.79 Å². The van der Waals surface area contributed by atoms with Crippen LogP contribution in [0.1, 0.15) is 31.1 Å². The molecule has 2 nitrogen and oxygen atoms in total. The van der Waals surface area contributed by atoms with Crippen molar-refractivity contribution in [3.05, 3.63) is 42.4 Å². The molecular formula is C13H19NOS. The summed E-state index contributed by atoms with van der Waals surface area (Å²) in [5.41, 5.74) is 0.902. The largest absolute Gasteiger partial charge is 0.295 e. The van der Waals surface area contributed by atoms with Crippen LogP contribution in [0.25, 0.3) is 10.2 Å². The first-order valence-corrected chi connectivity index (χ1v) is 5.52. The third-order valence-electron chi connectivity index (χ3n) is 1.41. The number of carbonyl (C=O) groups excluding carboxylic acids is 1. The summed E-state index contributed by atoms with van der Waals surface area (Å²) in [6.45, 7) is 10.0. The number of aldehydes is 1. The van der Waals surface area contributed by atoms with Crippen molar-refractivity contribution in [3.8, 4) is 0 Å². The van der Waals surface area contributed by atoms with Gasteiger partial charge in [-0.1, -0.05) is 33.4 Å². The van der Waals surface area contributed by atoms with Crippen LogP contribution in [0.4, 0.5) is 0 Å². The van der Waals surface area contributed by atoms with Crippen LogP contribution < -0.4 is 0 Å². The van der Waals surface area contributed by atoms with E-state index < -0.39 is 0 Å². The van der Waals surface area contributed by atoms with Gasteiger partial charge in [-0.2, -0.15) is 0 Å². The summed E-state index contributed by atoms with van der Waals surface area (Å²) in [6.07, 6.45) is 0.782. The van der Waals surface area contributed by atoms with Crippen molar-refractivity contribution in [2.45, 2.75) is 21.3 Å². The molecule has 0 amide bonds. The Bertz CT molecular complexity index is 376. The zero-order valence-corrected chi connectivity index (χ0v) is 9.88. The van der Waals surface area contributed by atoms with Gasteiger partial charge in [0.25, 0.3) is 0 Å². The van der Waals surface area contributed by atoms with E-state index in [0.717, 1.165) is 16.5 Å². The van der Waals surface area contributed by atoms with Crippen molar-refractivity contribution in [2.24, 2.45) is 0 Å². The van der Waals surface area contributed by atoms with E-state index in [-0.39, 0.29) is 7.43 Å². The van der Waals surface area contributed by atoms with Gasteiger partial charge in [0.15, 0.2) is 11.3 Å². The number of hydrogen-bond donors (Lipinski definition) is 0. The zero-order valence-electron chi connectivity index (χ0n) is 9.06. The molecule has 2 aromatic rings. The van der Waals surface area contributed by atoms with E-state index in [1.54, 1.807) is 0 Å². The molecule has 0 aliphatic rings. The fraction of sp³-hybridized carbons (Fsp3) is 0.231. The van der Waals surface area contributed by atoms with Crippen LogP contribution in [0.3, 0.4) is 0 Å². The maximum atomic E-state index is 10.3. The quantitative estimate of drug-likeness (QED) is 0.537. The number of rotatable bonds is 1. The highest BCUT2D eigenvalue weighted by atomic mass is 32.1. The number of fused-ring (bicyclic) bond motifs is 1. The highest BCUT2D eigenvalue weighted by Gasteiger charge is 1.99. The van der Waals surface area contributed by atoms with Crippen LogP contribution >= 0.6 is 11.3 Å². The standard InChI is InChI=1S/C8H5NOS.C2H6.C2H4.CH4/c10-5-8-9-6-3-1-2-4-7(6)11-8;2*1-2;/h1-5H;1-2H3;1-2H2;1H4. The lowest BCUT2D eigenvalue weighted by molar-refractivity contribution is 0.112. The third-order valence-corrected chi connectivity index (χ3v) is 2.37. The third kappa shape index (κ3) is 4.36. The Kier molecular flexibility index (Phi) is 10.6. The number of nitrogens with zero attached hydrogens (tertiary/aromatic N) is 1. The summed E-state index contributed by atoms with van der Waals surface area (Å²) in [4.78, 5) is 14.4. The molecule has 0 N–H and O–H groups in total. The van der Waals surface area contributed by atoms with Gasteiger partial charge in [-0.3, -0.25) is 4.79 Å². The number of para-hydroxylation sites is 1. The average Bonchev–Trinajstić information content (AvgIpc) is 2.77. The van der Waals surface area contributed by atoms with E-state index >= 15 is 0 Å². The normalized spacial score (nSPS) is 7.62. The second kappa shape index (κ2) is 10.1. The number of benzene rings is 1. The van der Waals surface area contributed by atoms with Crippen molar-refractivity contribution >= 4 is 27.8 Å². The molecule has 88 valence electrons. The minimum Gasteiger partial charge on any atom is -0.295 e. The van der Waals surface area contributed by atoms with Crippen LogP contribution in [-0.4, -0.2) is 11.3 Å². The minimum absolute atomic E-state index is 0. The molecule has 0 aliphatic carbocycles. The highest BCUT2D eigenvalue weighted by molar-refractivity contribution is 7.19. The summed E-state index contributed by atoms with van der Waals surface area (Å²) >= 11 is 1.42. The minimum atomic E-state index is 0. The van der Waals surface area contributed by atoms with Crippen molar-refractivity contribution in [2.75, 3.05) is 0 Å². The van der Waals surface area contributed by atoms with E-state index in [1.807, 2.05) is 38.1 Å². The van der Waals surface area contributed by atoms with Gasteiger partial charge >= 0.3 is 0 Å². The number of thiazole rings is 1. The molecule has 0 spiro atoms. The Morgan fingerprint density at radius 2 is 1.81 bits per heavy atom. The van der Waals surface area contributed by atoms with Gasteiger partial charge in [-0.05, 0) is 12.1 Å². The molecule has 0 fully saturated rings. The van der Waals surface area contributed by atoms with Gasteiger partial charge in [0.05, 0.1) is 10.2 Å². The molecule has 0 unspecified atom stereocenters. The van der Waals surface area contributed by atoms with Crippen LogP contribution in [-0.2, 0) is 0 Å². The fourth-order valence-electron chi connectivity index (χ4n) is 0.940. The van der Waals surface area contributed by atoms with Crippen LogP contribution in [0, 0.1) is 0 Å². The molecule has 0 radical (unpaired) electrons. The van der Waals surface area contributed by atoms with Gasteiger partial charge in [0, 0.05) is 0 Å². The summed E-state index contributed by atoms with van der Waals surface area (Å²) in [7, 11) is 0. The van der Waals surface area contributed by atoms with Crippen molar-refractivity contribution in [1.82, 2.24) is 4.98 Å². The Labute approximate surface area is 102 Å². The second-order valence-corrected chi connectivity index (χ2v) is 3.20. The predicted octanol–water partition coefficient (Wildman–Crippen LogP) is 4.57. The van der Waals surface area contributed by atoms with Gasteiger partial charge in [-0.15, -0.1) is 24.5 Å². The van der Waals surface area contributed by atoms with Crippen molar-refractivity contribution in [1.29, 1.82) is 0 Å². The Morgan fingerprint density at radius 1 is 1.25 bits per heavy atom. The summed E-state index contributed by atoms with van der Waals surface area (Å²) in [5.74, 6) is 0. The first-order chi connectivity index (χ1) is 7.40. The first-order valence-electron chi connectivity index (χ1n) is 4.71. The molecule has 1 aromatic carbocycles. The van der Waals surface area contributed by atoms with Crippen LogP contribution in [0.15, 0.2) is 37.4 Å². The zero-order chi connectivity index (χ0) is 11.7. The van der Waals surface area contributed by atoms with E-state index in [1.165, 1.54) is 11.3 Å². The molecule has 2 rings (SSSR count). The van der Waals surface area contributed by atoms with Gasteiger partial charge < -0.3 is 0 Å². The smallest absolute Gasteiger partial charge is 0.178 e. The average molecular weight is 237 g/mol. The molecule has 0 atom stereocenters.